The average Bonchev–Trinajstić information content (AvgIpc) is 3.09. The van der Waals surface area contributed by atoms with Gasteiger partial charge in [-0.25, -0.2) is 0 Å². The van der Waals surface area contributed by atoms with Gasteiger partial charge in [0.15, 0.2) is 0 Å². The summed E-state index contributed by atoms with van der Waals surface area (Å²) in [5.41, 5.74) is -5.61. The number of primary amides is 1. The Morgan fingerprint density at radius 3 is 1.44 bits per heavy atom. The van der Waals surface area contributed by atoms with E-state index < -0.39 is 111 Å². The largest absolute Gasteiger partial charge is 0.481 e. The molecule has 54 heavy (non-hydrogen) atoms. The van der Waals surface area contributed by atoms with E-state index in [1.54, 1.807) is 6.07 Å². The number of halogens is 4. The number of amides is 4. The Bertz CT molecular complexity index is 1940. The molecular formula is C32H34F4N4O12P2. The van der Waals surface area contributed by atoms with E-state index in [1.165, 1.54) is 24.3 Å². The van der Waals surface area contributed by atoms with Gasteiger partial charge in [-0.2, -0.15) is 17.6 Å². The summed E-state index contributed by atoms with van der Waals surface area (Å²) in [5.74, 6) is -5.54. The lowest BCUT2D eigenvalue weighted by atomic mass is 10.0. The van der Waals surface area contributed by atoms with Crippen molar-refractivity contribution in [3.05, 3.63) is 107 Å². The van der Waals surface area contributed by atoms with E-state index in [0.717, 1.165) is 24.3 Å². The summed E-state index contributed by atoms with van der Waals surface area (Å²) in [7, 11) is -11.8. The Hall–Kier alpha value is -4.97. The van der Waals surface area contributed by atoms with Crippen molar-refractivity contribution in [1.82, 2.24) is 16.0 Å². The molecule has 0 aliphatic carbocycles. The van der Waals surface area contributed by atoms with E-state index in [2.05, 4.69) is 16.0 Å². The lowest BCUT2D eigenvalue weighted by Gasteiger charge is -2.25. The number of carbonyl (C=O) groups is 5. The molecule has 4 amide bonds. The van der Waals surface area contributed by atoms with Crippen molar-refractivity contribution in [3.63, 3.8) is 0 Å². The van der Waals surface area contributed by atoms with Crippen LogP contribution in [-0.2, 0) is 52.5 Å². The Morgan fingerprint density at radius 1 is 0.630 bits per heavy atom. The predicted octanol–water partition coefficient (Wildman–Crippen LogP) is 2.04. The molecule has 0 bridgehead atoms. The Labute approximate surface area is 303 Å². The molecule has 3 aromatic carbocycles. The van der Waals surface area contributed by atoms with Gasteiger partial charge in [0.05, 0.1) is 0 Å². The summed E-state index contributed by atoms with van der Waals surface area (Å²) >= 11 is 0. The van der Waals surface area contributed by atoms with Crippen LogP contribution in [0.15, 0.2) is 78.9 Å². The number of nitrogens with two attached hydrogens (primary N) is 1. The topological polar surface area (TPSA) is 283 Å². The number of carbonyl (C=O) groups excluding carboxylic acids is 4. The van der Waals surface area contributed by atoms with Gasteiger partial charge in [-0.15, -0.1) is 0 Å². The van der Waals surface area contributed by atoms with Crippen molar-refractivity contribution >= 4 is 44.8 Å². The molecule has 0 aromatic heterocycles. The smallest absolute Gasteiger partial charge is 0.399 e. The maximum absolute atomic E-state index is 14.3. The van der Waals surface area contributed by atoms with Crippen molar-refractivity contribution in [2.24, 2.45) is 5.73 Å². The maximum atomic E-state index is 14.3. The average molecular weight is 805 g/mol. The molecule has 3 atom stereocenters. The van der Waals surface area contributed by atoms with Gasteiger partial charge in [0.2, 0.25) is 17.7 Å². The van der Waals surface area contributed by atoms with Crippen LogP contribution in [0.4, 0.5) is 17.6 Å². The molecule has 10 N–H and O–H groups in total. The minimum Gasteiger partial charge on any atom is -0.481 e. The van der Waals surface area contributed by atoms with Crippen LogP contribution in [0.25, 0.3) is 0 Å². The maximum Gasteiger partial charge on any atom is 0.399 e. The molecule has 3 rings (SSSR count). The summed E-state index contributed by atoms with van der Waals surface area (Å²) in [5, 5.41) is 16.2. The third kappa shape index (κ3) is 11.3. The van der Waals surface area contributed by atoms with Crippen LogP contribution in [0.3, 0.4) is 0 Å². The quantitative estimate of drug-likeness (QED) is 0.0660. The lowest BCUT2D eigenvalue weighted by molar-refractivity contribution is -0.137. The molecule has 0 aliphatic rings. The zero-order valence-corrected chi connectivity index (χ0v) is 29.4. The number of alkyl halides is 4. The zero-order chi connectivity index (χ0) is 40.6. The van der Waals surface area contributed by atoms with Crippen LogP contribution in [-0.4, -0.2) is 72.4 Å². The van der Waals surface area contributed by atoms with E-state index in [0.29, 0.717) is 24.3 Å². The molecular weight excluding hydrogens is 770 g/mol. The number of carboxylic acids is 1. The lowest BCUT2D eigenvalue weighted by Crippen LogP contribution is -2.57. The number of hydrogen-bond acceptors (Lipinski definition) is 7. The SMILES string of the molecule is NC(=O)C(Cc1ccc(C(F)(F)P(=O)(O)O)cc1)NC(=O)C(Cc1ccc(C(F)(F)P(=O)(O)O)cc1)NC(=O)[C@@H](CCC(=O)O)NC(=O)c1ccccc1. The molecule has 0 spiro atoms. The molecule has 0 aliphatic heterocycles. The fourth-order valence-electron chi connectivity index (χ4n) is 4.83. The Morgan fingerprint density at radius 2 is 1.04 bits per heavy atom. The molecule has 3 aromatic rings. The first kappa shape index (κ1) is 43.4. The van der Waals surface area contributed by atoms with Crippen molar-refractivity contribution in [3.8, 4) is 0 Å². The van der Waals surface area contributed by atoms with Crippen LogP contribution in [0.1, 0.15) is 45.5 Å². The van der Waals surface area contributed by atoms with Crippen LogP contribution in [0.2, 0.25) is 0 Å². The van der Waals surface area contributed by atoms with Crippen LogP contribution in [0, 0.1) is 0 Å². The van der Waals surface area contributed by atoms with Gasteiger partial charge >= 0.3 is 32.5 Å². The van der Waals surface area contributed by atoms with Crippen molar-refractivity contribution in [2.75, 3.05) is 0 Å². The Kier molecular flexibility index (Phi) is 14.0. The molecule has 0 saturated heterocycles. The Balaban J connectivity index is 1.93. The molecule has 16 nitrogen and oxygen atoms in total. The highest BCUT2D eigenvalue weighted by Crippen LogP contribution is 2.60. The van der Waals surface area contributed by atoms with E-state index in [-0.39, 0.29) is 16.7 Å². The summed E-state index contributed by atoms with van der Waals surface area (Å²) in [4.78, 5) is 99.8. The number of benzene rings is 3. The van der Waals surface area contributed by atoms with Gasteiger partial charge in [-0.3, -0.25) is 33.1 Å². The van der Waals surface area contributed by atoms with Crippen molar-refractivity contribution in [2.45, 2.75) is 55.1 Å². The van der Waals surface area contributed by atoms with Gasteiger partial charge in [-0.05, 0) is 29.7 Å². The highest BCUT2D eigenvalue weighted by molar-refractivity contribution is 7.52. The molecule has 0 heterocycles. The van der Waals surface area contributed by atoms with E-state index in [9.17, 15) is 55.8 Å². The monoisotopic (exact) mass is 804 g/mol. The third-order valence-electron chi connectivity index (χ3n) is 7.81. The zero-order valence-electron chi connectivity index (χ0n) is 27.6. The minimum absolute atomic E-state index is 0.0216. The number of hydrogen-bond donors (Lipinski definition) is 9. The summed E-state index contributed by atoms with van der Waals surface area (Å²) < 4.78 is 79.3. The van der Waals surface area contributed by atoms with Gasteiger partial charge in [-0.1, -0.05) is 66.7 Å². The van der Waals surface area contributed by atoms with Crippen molar-refractivity contribution < 1.29 is 75.3 Å². The minimum atomic E-state index is -5.95. The van der Waals surface area contributed by atoms with Gasteiger partial charge in [0.25, 0.3) is 5.91 Å². The van der Waals surface area contributed by atoms with E-state index in [4.69, 9.17) is 25.3 Å². The molecule has 292 valence electrons. The highest BCUT2D eigenvalue weighted by atomic mass is 31.2. The highest BCUT2D eigenvalue weighted by Gasteiger charge is 2.51. The first-order chi connectivity index (χ1) is 24.9. The van der Waals surface area contributed by atoms with E-state index in [1.807, 2.05) is 0 Å². The number of aliphatic carboxylic acids is 1. The second-order valence-electron chi connectivity index (χ2n) is 11.8. The summed E-state index contributed by atoms with van der Waals surface area (Å²) in [6.07, 6.45) is -2.11. The number of nitrogens with one attached hydrogen (secondary N) is 3. The predicted molar refractivity (Wildman–Crippen MR) is 180 cm³/mol. The molecule has 0 radical (unpaired) electrons. The summed E-state index contributed by atoms with van der Waals surface area (Å²) in [6.45, 7) is 0. The van der Waals surface area contributed by atoms with Crippen LogP contribution >= 0.6 is 15.2 Å². The fourth-order valence-corrected chi connectivity index (χ4v) is 5.81. The van der Waals surface area contributed by atoms with Crippen LogP contribution in [0.5, 0.6) is 0 Å². The molecule has 0 saturated carbocycles. The molecule has 2 unspecified atom stereocenters. The van der Waals surface area contributed by atoms with Gasteiger partial charge in [0, 0.05) is 36.0 Å². The summed E-state index contributed by atoms with van der Waals surface area (Å²) in [6, 6.07) is 9.11. The first-order valence-electron chi connectivity index (χ1n) is 15.5. The normalized spacial score (nSPS) is 13.9. The molecule has 0 fully saturated rings. The third-order valence-corrected chi connectivity index (χ3v) is 9.79. The van der Waals surface area contributed by atoms with Crippen LogP contribution < -0.4 is 21.7 Å². The fraction of sp³-hybridized carbons (Fsp3) is 0.281. The second kappa shape index (κ2) is 17.4. The number of rotatable bonds is 18. The number of carboxylic acid groups (broad SMARTS) is 1. The second-order valence-corrected chi connectivity index (χ2v) is 15.1. The standard InChI is InChI=1S/C32H34F4N4O12P2/c33-31(34,53(47,48)49)21-10-6-18(7-11-21)16-24(27(37)43)39-30(46)25(17-19-8-12-22(13-9-19)32(35,36)54(50,51)52)40-29(45)23(14-15-26(41)42)38-28(44)20-4-2-1-3-5-20/h1-13,23-25H,14-17H2,(H2,37,43)(H,38,44)(H,39,46)(H,40,45)(H,41,42)(H2,47,48,49)(H2,50,51,52)/t23-,24?,25?/m1/s1. The molecule has 22 heteroatoms. The first-order valence-corrected chi connectivity index (χ1v) is 18.7. The van der Waals surface area contributed by atoms with Gasteiger partial charge < -0.3 is 46.4 Å². The van der Waals surface area contributed by atoms with Gasteiger partial charge in [0.1, 0.15) is 18.1 Å². The van der Waals surface area contributed by atoms with E-state index >= 15 is 0 Å². The van der Waals surface area contributed by atoms with Crippen molar-refractivity contribution in [1.29, 1.82) is 0 Å².